The first kappa shape index (κ1) is 30.8. The van der Waals surface area contributed by atoms with E-state index in [9.17, 15) is 9.90 Å². The molecule has 8 nitrogen and oxygen atoms in total. The number of benzene rings is 3. The van der Waals surface area contributed by atoms with Gasteiger partial charge in [0.25, 0.3) is 5.91 Å². The predicted octanol–water partition coefficient (Wildman–Crippen LogP) is 6.79. The van der Waals surface area contributed by atoms with Crippen LogP contribution in [-0.2, 0) is 15.6 Å². The Morgan fingerprint density at radius 1 is 0.976 bits per heavy atom. The van der Waals surface area contributed by atoms with Crippen molar-refractivity contribution in [3.8, 4) is 28.6 Å². The third-order valence-electron chi connectivity index (χ3n) is 6.76. The fourth-order valence-electron chi connectivity index (χ4n) is 4.43. The molecule has 0 bridgehead atoms. The van der Waals surface area contributed by atoms with Crippen molar-refractivity contribution in [3.63, 3.8) is 0 Å². The van der Waals surface area contributed by atoms with E-state index in [1.807, 2.05) is 72.2 Å². The Labute approximate surface area is 252 Å². The fourth-order valence-corrected chi connectivity index (χ4v) is 5.18. The summed E-state index contributed by atoms with van der Waals surface area (Å²) in [6, 6.07) is 19.5. The highest BCUT2D eigenvalue weighted by molar-refractivity contribution is 7.99. The van der Waals surface area contributed by atoms with Crippen LogP contribution in [0.4, 0.5) is 0 Å². The Morgan fingerprint density at radius 2 is 1.57 bits per heavy atom. The number of carbonyl (C=O) groups is 1. The highest BCUT2D eigenvalue weighted by atomic mass is 32.2. The lowest BCUT2D eigenvalue weighted by Gasteiger charge is -2.27. The van der Waals surface area contributed by atoms with E-state index in [0.29, 0.717) is 16.7 Å². The van der Waals surface area contributed by atoms with E-state index in [2.05, 4.69) is 62.3 Å². The predicted molar refractivity (Wildman–Crippen MR) is 170 cm³/mol. The summed E-state index contributed by atoms with van der Waals surface area (Å²) in [5.41, 5.74) is 7.50. The van der Waals surface area contributed by atoms with E-state index >= 15 is 0 Å². The van der Waals surface area contributed by atoms with Gasteiger partial charge in [-0.1, -0.05) is 83.1 Å². The van der Waals surface area contributed by atoms with Crippen LogP contribution < -0.4 is 10.2 Å². The first-order valence-electron chi connectivity index (χ1n) is 13.8. The number of hydrazone groups is 1. The third-order valence-corrected chi connectivity index (χ3v) is 7.69. The highest BCUT2D eigenvalue weighted by Gasteiger charge is 2.26. The number of aromatic hydroxyl groups is 1. The highest BCUT2D eigenvalue weighted by Crippen LogP contribution is 2.39. The van der Waals surface area contributed by atoms with Gasteiger partial charge >= 0.3 is 0 Å². The number of nitrogens with zero attached hydrogens (tertiary/aromatic N) is 4. The Bertz CT molecular complexity index is 1540. The molecule has 2 N–H and O–H groups in total. The van der Waals surface area contributed by atoms with Crippen LogP contribution in [0.1, 0.15) is 63.8 Å². The normalized spacial score (nSPS) is 12.1. The lowest BCUT2D eigenvalue weighted by molar-refractivity contribution is -0.118. The second-order valence-corrected chi connectivity index (χ2v) is 13.2. The molecule has 4 aromatic rings. The molecule has 1 amide bonds. The van der Waals surface area contributed by atoms with Crippen molar-refractivity contribution in [3.05, 3.63) is 82.9 Å². The van der Waals surface area contributed by atoms with Crippen LogP contribution in [0, 0.1) is 6.92 Å². The third kappa shape index (κ3) is 7.20. The standard InChI is InChI=1S/C33H39N5O3S/c1-21-9-11-23(12-10-21)30-36-37-31(38(30)24-13-15-25(41-8)16-14-24)42-20-28(39)35-34-19-22-17-26(32(2,3)4)29(40)27(18-22)33(5,6)7/h9-19,40H,20H2,1-8H3,(H,35,39)/b34-19+. The van der Waals surface area contributed by atoms with Crippen LogP contribution >= 0.6 is 11.8 Å². The average Bonchev–Trinajstić information content (AvgIpc) is 3.35. The van der Waals surface area contributed by atoms with Crippen LogP contribution in [0.25, 0.3) is 17.1 Å². The molecule has 42 heavy (non-hydrogen) atoms. The van der Waals surface area contributed by atoms with Gasteiger partial charge in [-0.15, -0.1) is 10.2 Å². The van der Waals surface area contributed by atoms with Gasteiger partial charge in [-0.3, -0.25) is 9.36 Å². The molecule has 0 radical (unpaired) electrons. The molecule has 0 saturated heterocycles. The summed E-state index contributed by atoms with van der Waals surface area (Å²) in [4.78, 5) is 12.8. The molecule has 9 heteroatoms. The average molecular weight is 586 g/mol. The number of aromatic nitrogens is 3. The molecule has 0 aliphatic rings. The van der Waals surface area contributed by atoms with Crippen LogP contribution in [-0.4, -0.2) is 44.9 Å². The van der Waals surface area contributed by atoms with Gasteiger partial charge in [0, 0.05) is 22.4 Å². The second kappa shape index (κ2) is 12.4. The van der Waals surface area contributed by atoms with Gasteiger partial charge in [0.2, 0.25) is 0 Å². The quantitative estimate of drug-likeness (QED) is 0.134. The monoisotopic (exact) mass is 585 g/mol. The SMILES string of the molecule is COc1ccc(-n2c(SCC(=O)N/N=C/c3cc(C(C)(C)C)c(O)c(C(C)(C)C)c3)nnc2-c2ccc(C)cc2)cc1. The molecule has 1 aromatic heterocycles. The number of nitrogens with one attached hydrogen (secondary N) is 1. The molecule has 0 unspecified atom stereocenters. The first-order chi connectivity index (χ1) is 19.8. The summed E-state index contributed by atoms with van der Waals surface area (Å²) in [5, 5.41) is 24.6. The Morgan fingerprint density at radius 3 is 2.12 bits per heavy atom. The van der Waals surface area contributed by atoms with Crippen molar-refractivity contribution in [2.24, 2.45) is 5.10 Å². The van der Waals surface area contributed by atoms with Crippen molar-refractivity contribution in [2.45, 2.75) is 64.5 Å². The van der Waals surface area contributed by atoms with Gasteiger partial charge in [-0.25, -0.2) is 5.43 Å². The van der Waals surface area contributed by atoms with Crippen molar-refractivity contribution in [2.75, 3.05) is 12.9 Å². The number of amides is 1. The number of methoxy groups -OCH3 is 1. The Balaban J connectivity index is 1.53. The molecule has 3 aromatic carbocycles. The first-order valence-corrected chi connectivity index (χ1v) is 14.8. The summed E-state index contributed by atoms with van der Waals surface area (Å²) in [7, 11) is 1.63. The second-order valence-electron chi connectivity index (χ2n) is 12.3. The van der Waals surface area contributed by atoms with Crippen molar-refractivity contribution in [1.82, 2.24) is 20.2 Å². The molecular formula is C33H39N5O3S. The largest absolute Gasteiger partial charge is 0.507 e. The molecular weight excluding hydrogens is 546 g/mol. The number of phenolic OH excluding ortho intramolecular Hbond substituents is 1. The fraction of sp³-hybridized carbons (Fsp3) is 0.333. The Hall–Kier alpha value is -4.11. The zero-order chi connectivity index (χ0) is 30.7. The zero-order valence-electron chi connectivity index (χ0n) is 25.5. The molecule has 0 fully saturated rings. The molecule has 0 spiro atoms. The van der Waals surface area contributed by atoms with E-state index in [1.54, 1.807) is 13.3 Å². The van der Waals surface area contributed by atoms with E-state index < -0.39 is 0 Å². The molecule has 0 aliphatic carbocycles. The van der Waals surface area contributed by atoms with E-state index in [4.69, 9.17) is 4.74 Å². The zero-order valence-corrected chi connectivity index (χ0v) is 26.3. The summed E-state index contributed by atoms with van der Waals surface area (Å²) < 4.78 is 7.25. The number of phenols is 1. The van der Waals surface area contributed by atoms with Gasteiger partial charge in [0.1, 0.15) is 11.5 Å². The molecule has 0 saturated carbocycles. The van der Waals surface area contributed by atoms with E-state index in [0.717, 1.165) is 39.3 Å². The summed E-state index contributed by atoms with van der Waals surface area (Å²) >= 11 is 1.28. The van der Waals surface area contributed by atoms with Gasteiger partial charge in [-0.2, -0.15) is 5.10 Å². The number of hydrogen-bond acceptors (Lipinski definition) is 7. The number of hydrogen-bond donors (Lipinski definition) is 2. The smallest absolute Gasteiger partial charge is 0.250 e. The minimum atomic E-state index is -0.275. The van der Waals surface area contributed by atoms with Crippen molar-refractivity contribution in [1.29, 1.82) is 0 Å². The minimum Gasteiger partial charge on any atom is -0.507 e. The Kier molecular flexibility index (Phi) is 9.11. The minimum absolute atomic E-state index is 0.0928. The number of ether oxygens (including phenoxy) is 1. The van der Waals surface area contributed by atoms with Crippen molar-refractivity contribution >= 4 is 23.9 Å². The van der Waals surface area contributed by atoms with E-state index in [1.165, 1.54) is 11.8 Å². The molecule has 4 rings (SSSR count). The number of aryl methyl sites for hydroxylation is 1. The van der Waals surface area contributed by atoms with Gasteiger partial charge < -0.3 is 9.84 Å². The maximum atomic E-state index is 12.8. The lowest BCUT2D eigenvalue weighted by Crippen LogP contribution is -2.20. The van der Waals surface area contributed by atoms with Gasteiger partial charge in [-0.05, 0) is 59.7 Å². The van der Waals surface area contributed by atoms with Crippen LogP contribution in [0.15, 0.2) is 70.9 Å². The molecule has 1 heterocycles. The summed E-state index contributed by atoms with van der Waals surface area (Å²) in [6.45, 7) is 14.4. The maximum Gasteiger partial charge on any atom is 0.250 e. The topological polar surface area (TPSA) is 102 Å². The maximum absolute atomic E-state index is 12.8. The van der Waals surface area contributed by atoms with Crippen molar-refractivity contribution < 1.29 is 14.6 Å². The van der Waals surface area contributed by atoms with Crippen LogP contribution in [0.5, 0.6) is 11.5 Å². The number of thioether (sulfide) groups is 1. The molecule has 0 atom stereocenters. The number of rotatable bonds is 8. The van der Waals surface area contributed by atoms with Crippen LogP contribution in [0.2, 0.25) is 0 Å². The lowest BCUT2D eigenvalue weighted by atomic mass is 9.78. The molecule has 0 aliphatic heterocycles. The van der Waals surface area contributed by atoms with Gasteiger partial charge in [0.05, 0.1) is 19.1 Å². The van der Waals surface area contributed by atoms with Crippen LogP contribution in [0.3, 0.4) is 0 Å². The number of carbonyl (C=O) groups excluding carboxylic acids is 1. The van der Waals surface area contributed by atoms with Gasteiger partial charge in [0.15, 0.2) is 11.0 Å². The van der Waals surface area contributed by atoms with E-state index in [-0.39, 0.29) is 22.5 Å². The summed E-state index contributed by atoms with van der Waals surface area (Å²) in [6.07, 6.45) is 1.61. The summed E-state index contributed by atoms with van der Waals surface area (Å²) in [5.74, 6) is 1.54. The molecule has 220 valence electrons.